The lowest BCUT2D eigenvalue weighted by Crippen LogP contribution is -2.28. The van der Waals surface area contributed by atoms with Gasteiger partial charge in [0.15, 0.2) is 0 Å². The average Bonchev–Trinajstić information content (AvgIpc) is 3.28. The molecule has 186 valence electrons. The molecule has 8 heteroatoms. The highest BCUT2D eigenvalue weighted by molar-refractivity contribution is 6.06. The van der Waals surface area contributed by atoms with Crippen molar-refractivity contribution < 1.29 is 23.9 Å². The van der Waals surface area contributed by atoms with Gasteiger partial charge in [0.05, 0.1) is 31.5 Å². The summed E-state index contributed by atoms with van der Waals surface area (Å²) in [5.74, 6) is -0.508. The van der Waals surface area contributed by atoms with E-state index < -0.39 is 5.92 Å². The van der Waals surface area contributed by atoms with Crippen molar-refractivity contribution in [3.8, 4) is 11.5 Å². The predicted molar refractivity (Wildman–Crippen MR) is 139 cm³/mol. The van der Waals surface area contributed by atoms with Crippen LogP contribution in [0.3, 0.4) is 0 Å². The molecule has 3 aromatic rings. The molecular weight excluding hydrogens is 458 g/mol. The molecule has 1 saturated heterocycles. The number of benzene rings is 3. The minimum atomic E-state index is -0.521. The van der Waals surface area contributed by atoms with E-state index in [2.05, 4.69) is 10.6 Å². The zero-order valence-corrected chi connectivity index (χ0v) is 20.8. The Morgan fingerprint density at radius 1 is 0.861 bits per heavy atom. The topological polar surface area (TPSA) is 97.0 Å². The summed E-state index contributed by atoms with van der Waals surface area (Å²) in [4.78, 5) is 40.1. The molecule has 1 atom stereocenters. The van der Waals surface area contributed by atoms with Gasteiger partial charge in [-0.05, 0) is 49.2 Å². The van der Waals surface area contributed by atoms with Crippen molar-refractivity contribution in [2.45, 2.75) is 20.3 Å². The maximum Gasteiger partial charge on any atom is 0.255 e. The molecule has 0 saturated carbocycles. The van der Waals surface area contributed by atoms with Crippen molar-refractivity contribution in [1.29, 1.82) is 0 Å². The fourth-order valence-corrected chi connectivity index (χ4v) is 4.14. The highest BCUT2D eigenvalue weighted by atomic mass is 16.5. The number of amides is 3. The SMILES string of the molecule is COc1cc(NC(=O)C2CC(=O)N(c3ccc(C)c(C)c3)C2)c(OC)cc1NC(=O)c1ccccc1. The van der Waals surface area contributed by atoms with Crippen LogP contribution in [0.25, 0.3) is 0 Å². The molecule has 0 spiro atoms. The van der Waals surface area contributed by atoms with Crippen LogP contribution in [0.4, 0.5) is 17.1 Å². The van der Waals surface area contributed by atoms with Crippen molar-refractivity contribution in [1.82, 2.24) is 0 Å². The number of ether oxygens (including phenoxy) is 2. The number of hydrogen-bond acceptors (Lipinski definition) is 5. The third kappa shape index (κ3) is 5.17. The molecule has 4 rings (SSSR count). The Labute approximate surface area is 210 Å². The van der Waals surface area contributed by atoms with E-state index in [9.17, 15) is 14.4 Å². The van der Waals surface area contributed by atoms with Gasteiger partial charge in [0, 0.05) is 36.3 Å². The molecular formula is C28H29N3O5. The van der Waals surface area contributed by atoms with Crippen LogP contribution in [-0.2, 0) is 9.59 Å². The predicted octanol–water partition coefficient (Wildman–Crippen LogP) is 4.56. The van der Waals surface area contributed by atoms with E-state index in [1.807, 2.05) is 38.1 Å². The second-order valence-corrected chi connectivity index (χ2v) is 8.74. The summed E-state index contributed by atoms with van der Waals surface area (Å²) >= 11 is 0. The minimum absolute atomic E-state index is 0.0954. The van der Waals surface area contributed by atoms with Crippen molar-refractivity contribution in [2.75, 3.05) is 36.3 Å². The van der Waals surface area contributed by atoms with E-state index in [1.165, 1.54) is 14.2 Å². The van der Waals surface area contributed by atoms with Crippen LogP contribution in [0.2, 0.25) is 0 Å². The second-order valence-electron chi connectivity index (χ2n) is 8.74. The van der Waals surface area contributed by atoms with Gasteiger partial charge >= 0.3 is 0 Å². The number of nitrogens with one attached hydrogen (secondary N) is 2. The highest BCUT2D eigenvalue weighted by Crippen LogP contribution is 2.37. The van der Waals surface area contributed by atoms with Crippen LogP contribution in [0.1, 0.15) is 27.9 Å². The van der Waals surface area contributed by atoms with Gasteiger partial charge in [-0.1, -0.05) is 24.3 Å². The summed E-state index contributed by atoms with van der Waals surface area (Å²) in [6.45, 7) is 4.30. The Bertz CT molecular complexity index is 1310. The molecule has 0 aromatic heterocycles. The Morgan fingerprint density at radius 3 is 2.11 bits per heavy atom. The molecule has 1 heterocycles. The van der Waals surface area contributed by atoms with E-state index in [1.54, 1.807) is 41.3 Å². The highest BCUT2D eigenvalue weighted by Gasteiger charge is 2.35. The molecule has 0 radical (unpaired) electrons. The Kier molecular flexibility index (Phi) is 7.24. The molecule has 2 N–H and O–H groups in total. The first-order valence-corrected chi connectivity index (χ1v) is 11.6. The third-order valence-corrected chi connectivity index (χ3v) is 6.36. The maximum atomic E-state index is 13.1. The van der Waals surface area contributed by atoms with Gasteiger partial charge in [0.25, 0.3) is 5.91 Å². The fourth-order valence-electron chi connectivity index (χ4n) is 4.14. The van der Waals surface area contributed by atoms with E-state index in [4.69, 9.17) is 9.47 Å². The number of hydrogen-bond donors (Lipinski definition) is 2. The van der Waals surface area contributed by atoms with Crippen molar-refractivity contribution in [3.63, 3.8) is 0 Å². The summed E-state index contributed by atoms with van der Waals surface area (Å²) in [5, 5.41) is 5.69. The van der Waals surface area contributed by atoms with Crippen LogP contribution in [-0.4, -0.2) is 38.5 Å². The fraction of sp³-hybridized carbons (Fsp3) is 0.250. The number of carbonyl (C=O) groups is 3. The van der Waals surface area contributed by atoms with Crippen molar-refractivity contribution in [2.24, 2.45) is 5.92 Å². The first-order valence-electron chi connectivity index (χ1n) is 11.6. The Morgan fingerprint density at radius 2 is 1.50 bits per heavy atom. The third-order valence-electron chi connectivity index (χ3n) is 6.36. The number of carbonyl (C=O) groups excluding carboxylic acids is 3. The molecule has 1 aliphatic heterocycles. The number of methoxy groups -OCH3 is 2. The summed E-state index contributed by atoms with van der Waals surface area (Å²) < 4.78 is 10.9. The van der Waals surface area contributed by atoms with Gasteiger partial charge < -0.3 is 25.0 Å². The quantitative estimate of drug-likeness (QED) is 0.509. The molecule has 1 unspecified atom stereocenters. The lowest BCUT2D eigenvalue weighted by atomic mass is 10.1. The molecule has 0 bridgehead atoms. The van der Waals surface area contributed by atoms with Gasteiger partial charge in [-0.3, -0.25) is 14.4 Å². The number of nitrogens with zero attached hydrogens (tertiary/aromatic N) is 1. The van der Waals surface area contributed by atoms with E-state index in [0.29, 0.717) is 28.4 Å². The van der Waals surface area contributed by atoms with Gasteiger partial charge in [-0.25, -0.2) is 0 Å². The second kappa shape index (κ2) is 10.5. The number of anilines is 3. The first kappa shape index (κ1) is 24.8. The smallest absolute Gasteiger partial charge is 0.255 e. The lowest BCUT2D eigenvalue weighted by molar-refractivity contribution is -0.122. The van der Waals surface area contributed by atoms with Crippen LogP contribution in [0, 0.1) is 19.8 Å². The van der Waals surface area contributed by atoms with Crippen LogP contribution >= 0.6 is 0 Å². The summed E-state index contributed by atoms with van der Waals surface area (Å²) in [5.41, 5.74) is 4.30. The molecule has 1 aliphatic rings. The Hall–Kier alpha value is -4.33. The monoisotopic (exact) mass is 487 g/mol. The summed E-state index contributed by atoms with van der Waals surface area (Å²) in [6, 6.07) is 17.8. The van der Waals surface area contributed by atoms with E-state index in [-0.39, 0.29) is 30.7 Å². The maximum absolute atomic E-state index is 13.1. The van der Waals surface area contributed by atoms with Gasteiger partial charge in [0.1, 0.15) is 11.5 Å². The van der Waals surface area contributed by atoms with Gasteiger partial charge in [-0.2, -0.15) is 0 Å². The normalized spacial score (nSPS) is 14.9. The zero-order valence-electron chi connectivity index (χ0n) is 20.8. The first-order chi connectivity index (χ1) is 17.3. The average molecular weight is 488 g/mol. The summed E-state index contributed by atoms with van der Waals surface area (Å²) in [6.07, 6.45) is 0.115. The van der Waals surface area contributed by atoms with Gasteiger partial charge in [0.2, 0.25) is 11.8 Å². The molecule has 0 aliphatic carbocycles. The largest absolute Gasteiger partial charge is 0.494 e. The minimum Gasteiger partial charge on any atom is -0.494 e. The molecule has 3 amide bonds. The van der Waals surface area contributed by atoms with Crippen LogP contribution in [0.15, 0.2) is 60.7 Å². The number of aryl methyl sites for hydroxylation is 2. The lowest BCUT2D eigenvalue weighted by Gasteiger charge is -2.19. The zero-order chi connectivity index (χ0) is 25.8. The molecule has 3 aromatic carbocycles. The van der Waals surface area contributed by atoms with Crippen LogP contribution in [0.5, 0.6) is 11.5 Å². The Balaban J connectivity index is 1.51. The van der Waals surface area contributed by atoms with Crippen molar-refractivity contribution in [3.05, 3.63) is 77.4 Å². The number of rotatable bonds is 7. The molecule has 36 heavy (non-hydrogen) atoms. The molecule has 1 fully saturated rings. The molecule has 8 nitrogen and oxygen atoms in total. The van der Waals surface area contributed by atoms with Crippen LogP contribution < -0.4 is 25.0 Å². The van der Waals surface area contributed by atoms with E-state index in [0.717, 1.165) is 16.8 Å². The van der Waals surface area contributed by atoms with Crippen molar-refractivity contribution >= 4 is 34.8 Å². The van der Waals surface area contributed by atoms with E-state index >= 15 is 0 Å². The standard InChI is InChI=1S/C28H29N3O5/c1-17-10-11-21(12-18(17)2)31-16-20(13-26(31)32)28(34)30-23-15-24(35-3)22(14-25(23)36-4)29-27(33)19-8-6-5-7-9-19/h5-12,14-15,20H,13,16H2,1-4H3,(H,29,33)(H,30,34). The van der Waals surface area contributed by atoms with Gasteiger partial charge in [-0.15, -0.1) is 0 Å². The summed E-state index contributed by atoms with van der Waals surface area (Å²) in [7, 11) is 2.95.